The predicted molar refractivity (Wildman–Crippen MR) is 136 cm³/mol. The van der Waals surface area contributed by atoms with Gasteiger partial charge in [0.25, 0.3) is 5.91 Å². The summed E-state index contributed by atoms with van der Waals surface area (Å²) in [6.07, 6.45) is 3.03. The fraction of sp³-hybridized carbons (Fsp3) is 0.192. The van der Waals surface area contributed by atoms with Crippen molar-refractivity contribution in [2.45, 2.75) is 6.04 Å². The van der Waals surface area contributed by atoms with E-state index in [0.29, 0.717) is 46.0 Å². The number of carbonyl (C=O) groups is 1. The number of aliphatic hydroxyl groups is 2. The Kier molecular flexibility index (Phi) is 7.77. The van der Waals surface area contributed by atoms with Gasteiger partial charge in [-0.2, -0.15) is 0 Å². The number of aromatic amines is 1. The summed E-state index contributed by atoms with van der Waals surface area (Å²) in [6.45, 7) is 0.445. The highest BCUT2D eigenvalue weighted by Crippen LogP contribution is 2.23. The SMILES string of the molecule is O=C(NC(c1ccccc1)c1c[nH]c2cc(Cl)ccc2c1=O)c1ccc(N(CCO)CCO)nc1. The average Bonchev–Trinajstić information content (AvgIpc) is 2.88. The quantitative estimate of drug-likeness (QED) is 0.285. The number of hydrogen-bond donors (Lipinski definition) is 4. The number of nitrogens with one attached hydrogen (secondary N) is 2. The van der Waals surface area contributed by atoms with Crippen LogP contribution in [0.15, 0.2) is 77.9 Å². The van der Waals surface area contributed by atoms with Crippen LogP contribution in [0.25, 0.3) is 10.9 Å². The fourth-order valence-corrected chi connectivity index (χ4v) is 4.09. The van der Waals surface area contributed by atoms with Crippen molar-refractivity contribution in [2.75, 3.05) is 31.2 Å². The maximum atomic E-state index is 13.3. The van der Waals surface area contributed by atoms with Gasteiger partial charge in [0.1, 0.15) is 5.82 Å². The molecule has 4 N–H and O–H groups in total. The maximum absolute atomic E-state index is 13.3. The van der Waals surface area contributed by atoms with E-state index in [2.05, 4.69) is 15.3 Å². The summed E-state index contributed by atoms with van der Waals surface area (Å²) < 4.78 is 0. The van der Waals surface area contributed by atoms with Gasteiger partial charge in [-0.1, -0.05) is 41.9 Å². The molecule has 2 aromatic carbocycles. The van der Waals surface area contributed by atoms with Crippen molar-refractivity contribution in [3.8, 4) is 0 Å². The lowest BCUT2D eigenvalue weighted by atomic mass is 9.98. The number of amides is 1. The highest BCUT2D eigenvalue weighted by Gasteiger charge is 2.22. The monoisotopic (exact) mass is 492 g/mol. The first-order valence-electron chi connectivity index (χ1n) is 11.1. The Morgan fingerprint density at radius 3 is 2.46 bits per heavy atom. The van der Waals surface area contributed by atoms with Crippen molar-refractivity contribution < 1.29 is 15.0 Å². The fourth-order valence-electron chi connectivity index (χ4n) is 3.92. The molecule has 0 fully saturated rings. The van der Waals surface area contributed by atoms with E-state index in [1.165, 1.54) is 6.20 Å². The maximum Gasteiger partial charge on any atom is 0.253 e. The van der Waals surface area contributed by atoms with E-state index in [4.69, 9.17) is 11.6 Å². The van der Waals surface area contributed by atoms with Crippen LogP contribution in [0.3, 0.4) is 0 Å². The number of nitrogens with zero attached hydrogens (tertiary/aromatic N) is 2. The molecule has 0 bridgehead atoms. The van der Waals surface area contributed by atoms with Crippen LogP contribution < -0.4 is 15.6 Å². The molecule has 35 heavy (non-hydrogen) atoms. The first kappa shape index (κ1) is 24.4. The van der Waals surface area contributed by atoms with Crippen LogP contribution in [0.2, 0.25) is 5.02 Å². The molecule has 0 aliphatic carbocycles. The van der Waals surface area contributed by atoms with E-state index in [1.54, 1.807) is 41.4 Å². The van der Waals surface area contributed by atoms with Crippen molar-refractivity contribution in [2.24, 2.45) is 0 Å². The summed E-state index contributed by atoms with van der Waals surface area (Å²) >= 11 is 6.06. The minimum Gasteiger partial charge on any atom is -0.395 e. The Hall–Kier alpha value is -3.72. The average molecular weight is 493 g/mol. The number of anilines is 1. The molecule has 2 heterocycles. The Bertz CT molecular complexity index is 1350. The highest BCUT2D eigenvalue weighted by molar-refractivity contribution is 6.31. The van der Waals surface area contributed by atoms with Crippen LogP contribution in [0.1, 0.15) is 27.5 Å². The van der Waals surface area contributed by atoms with Crippen LogP contribution >= 0.6 is 11.6 Å². The molecular formula is C26H25ClN4O4. The molecule has 8 nitrogen and oxygen atoms in total. The molecule has 0 spiro atoms. The molecule has 0 saturated heterocycles. The summed E-state index contributed by atoms with van der Waals surface area (Å²) in [4.78, 5) is 35.7. The second kappa shape index (κ2) is 11.1. The van der Waals surface area contributed by atoms with Gasteiger partial charge in [0, 0.05) is 41.5 Å². The third kappa shape index (κ3) is 5.51. The number of H-pyrrole nitrogens is 1. The van der Waals surface area contributed by atoms with E-state index >= 15 is 0 Å². The zero-order valence-electron chi connectivity index (χ0n) is 18.8. The van der Waals surface area contributed by atoms with Gasteiger partial charge in [-0.3, -0.25) is 9.59 Å². The van der Waals surface area contributed by atoms with E-state index in [9.17, 15) is 19.8 Å². The summed E-state index contributed by atoms with van der Waals surface area (Å²) in [5.41, 5.74) is 1.86. The molecule has 9 heteroatoms. The summed E-state index contributed by atoms with van der Waals surface area (Å²) in [6, 6.07) is 16.8. The number of rotatable bonds is 9. The van der Waals surface area contributed by atoms with Gasteiger partial charge >= 0.3 is 0 Å². The lowest BCUT2D eigenvalue weighted by Gasteiger charge is -2.22. The van der Waals surface area contributed by atoms with Crippen molar-refractivity contribution in [3.05, 3.63) is 105 Å². The van der Waals surface area contributed by atoms with Gasteiger partial charge < -0.3 is 25.4 Å². The molecule has 2 aromatic heterocycles. The van der Waals surface area contributed by atoms with Gasteiger partial charge in [0.2, 0.25) is 0 Å². The minimum atomic E-state index is -0.701. The molecule has 0 aliphatic rings. The van der Waals surface area contributed by atoms with Crippen molar-refractivity contribution >= 4 is 34.2 Å². The number of hydrogen-bond acceptors (Lipinski definition) is 6. The van der Waals surface area contributed by atoms with Gasteiger partial charge in [-0.15, -0.1) is 0 Å². The Balaban J connectivity index is 1.66. The number of halogens is 1. The van der Waals surface area contributed by atoms with Gasteiger partial charge in [-0.25, -0.2) is 4.98 Å². The van der Waals surface area contributed by atoms with E-state index in [-0.39, 0.29) is 18.6 Å². The van der Waals surface area contributed by atoms with Crippen molar-refractivity contribution in [3.63, 3.8) is 0 Å². The molecule has 180 valence electrons. The van der Waals surface area contributed by atoms with Crippen LogP contribution in [-0.2, 0) is 0 Å². The first-order valence-corrected chi connectivity index (χ1v) is 11.5. The second-order valence-corrected chi connectivity index (χ2v) is 8.36. The lowest BCUT2D eigenvalue weighted by molar-refractivity contribution is 0.0942. The normalized spacial score (nSPS) is 11.9. The zero-order valence-corrected chi connectivity index (χ0v) is 19.6. The molecule has 1 atom stereocenters. The van der Waals surface area contributed by atoms with Crippen LogP contribution in [0.5, 0.6) is 0 Å². The van der Waals surface area contributed by atoms with Crippen LogP contribution in [0, 0.1) is 0 Å². The van der Waals surface area contributed by atoms with Crippen LogP contribution in [-0.4, -0.2) is 52.4 Å². The van der Waals surface area contributed by atoms with Gasteiger partial charge in [0.15, 0.2) is 5.43 Å². The number of aliphatic hydroxyl groups excluding tert-OH is 2. The predicted octanol–water partition coefficient (Wildman–Crippen LogP) is 2.89. The number of benzene rings is 2. The largest absolute Gasteiger partial charge is 0.395 e. The third-order valence-corrected chi connectivity index (χ3v) is 5.90. The molecule has 1 amide bonds. The highest BCUT2D eigenvalue weighted by atomic mass is 35.5. The summed E-state index contributed by atoms with van der Waals surface area (Å²) in [7, 11) is 0. The number of carbonyl (C=O) groups excluding carboxylic acids is 1. The lowest BCUT2D eigenvalue weighted by Crippen LogP contribution is -2.33. The molecule has 4 aromatic rings. The zero-order chi connectivity index (χ0) is 24.8. The van der Waals surface area contributed by atoms with E-state index in [1.807, 2.05) is 30.3 Å². The second-order valence-electron chi connectivity index (χ2n) is 7.92. The van der Waals surface area contributed by atoms with Crippen molar-refractivity contribution in [1.29, 1.82) is 0 Å². The Labute approximate surface area is 206 Å². The number of fused-ring (bicyclic) bond motifs is 1. The summed E-state index contributed by atoms with van der Waals surface area (Å²) in [5, 5.41) is 22.4. The molecule has 0 saturated carbocycles. The Morgan fingerprint density at radius 2 is 1.80 bits per heavy atom. The molecule has 0 aliphatic heterocycles. The third-order valence-electron chi connectivity index (χ3n) is 5.66. The Morgan fingerprint density at radius 1 is 1.06 bits per heavy atom. The van der Waals surface area contributed by atoms with E-state index in [0.717, 1.165) is 5.56 Å². The smallest absolute Gasteiger partial charge is 0.253 e. The first-order chi connectivity index (χ1) is 17.0. The number of pyridine rings is 2. The van der Waals surface area contributed by atoms with Gasteiger partial charge in [-0.05, 0) is 35.9 Å². The van der Waals surface area contributed by atoms with Gasteiger partial charge in [0.05, 0.1) is 30.3 Å². The minimum absolute atomic E-state index is 0.0881. The topological polar surface area (TPSA) is 119 Å². The molecular weight excluding hydrogens is 468 g/mol. The molecule has 4 rings (SSSR count). The molecule has 0 radical (unpaired) electrons. The van der Waals surface area contributed by atoms with Crippen LogP contribution in [0.4, 0.5) is 5.82 Å². The molecule has 1 unspecified atom stereocenters. The van der Waals surface area contributed by atoms with Crippen molar-refractivity contribution in [1.82, 2.24) is 15.3 Å². The summed E-state index contributed by atoms with van der Waals surface area (Å²) in [5.74, 6) is 0.137. The van der Waals surface area contributed by atoms with E-state index < -0.39 is 11.9 Å². The number of aromatic nitrogens is 2. The standard InChI is InChI=1S/C26H25ClN4O4/c27-19-7-8-20-22(14-19)28-16-21(25(20)34)24(17-4-2-1-3-5-17)30-26(35)18-6-9-23(29-15-18)31(10-12-32)11-13-33/h1-9,14-16,24,32-33H,10-13H2,(H,28,34)(H,30,35).